The van der Waals surface area contributed by atoms with Gasteiger partial charge in [0.15, 0.2) is 0 Å². The van der Waals surface area contributed by atoms with Gasteiger partial charge in [-0.2, -0.15) is 0 Å². The summed E-state index contributed by atoms with van der Waals surface area (Å²) in [5, 5.41) is 1.34. The first-order chi connectivity index (χ1) is 12.9. The third kappa shape index (κ3) is 3.64. The van der Waals surface area contributed by atoms with Gasteiger partial charge in [-0.05, 0) is 38.0 Å². The van der Waals surface area contributed by atoms with Gasteiger partial charge in [0.1, 0.15) is 6.61 Å². The summed E-state index contributed by atoms with van der Waals surface area (Å²) >= 11 is 0. The molecule has 5 heteroatoms. The summed E-state index contributed by atoms with van der Waals surface area (Å²) < 4.78 is 12.1. The lowest BCUT2D eigenvalue weighted by Crippen LogP contribution is -2.24. The predicted octanol–water partition coefficient (Wildman–Crippen LogP) is 3.76. The van der Waals surface area contributed by atoms with Crippen LogP contribution in [0.15, 0.2) is 47.3 Å². The highest BCUT2D eigenvalue weighted by Crippen LogP contribution is 2.37. The van der Waals surface area contributed by atoms with Crippen LogP contribution in [0, 0.1) is 13.8 Å². The molecule has 1 heterocycles. The smallest absolute Gasteiger partial charge is 0.338 e. The topological polar surface area (TPSA) is 57.5 Å². The maximum absolute atomic E-state index is 12.8. The van der Waals surface area contributed by atoms with Crippen molar-refractivity contribution in [3.8, 4) is 17.0 Å². The van der Waals surface area contributed by atoms with Crippen LogP contribution in [0.3, 0.4) is 0 Å². The number of ether oxygens (including phenoxy) is 2. The Labute approximate surface area is 158 Å². The number of hydrogen-bond donors (Lipinski definition) is 0. The molecule has 140 valence electrons. The van der Waals surface area contributed by atoms with E-state index in [9.17, 15) is 9.59 Å². The molecule has 0 N–H and O–H groups in total. The number of carbonyl (C=O) groups excluding carboxylic acids is 1. The molecule has 1 aromatic heterocycles. The van der Waals surface area contributed by atoms with Crippen molar-refractivity contribution in [2.24, 2.45) is 7.05 Å². The molecule has 0 spiro atoms. The average Bonchev–Trinajstić information content (AvgIpc) is 2.65. The molecule has 0 atom stereocenters. The van der Waals surface area contributed by atoms with Gasteiger partial charge in [0, 0.05) is 24.4 Å². The molecule has 0 unspecified atom stereocenters. The van der Waals surface area contributed by atoms with Crippen LogP contribution in [0.25, 0.3) is 21.9 Å². The third-order valence-electron chi connectivity index (χ3n) is 4.54. The zero-order valence-electron chi connectivity index (χ0n) is 16.0. The van der Waals surface area contributed by atoms with Gasteiger partial charge < -0.3 is 9.47 Å². The molecule has 0 aliphatic carbocycles. The van der Waals surface area contributed by atoms with Gasteiger partial charge in [-0.1, -0.05) is 42.0 Å². The van der Waals surface area contributed by atoms with Crippen LogP contribution in [0.2, 0.25) is 0 Å². The van der Waals surface area contributed by atoms with Crippen LogP contribution >= 0.6 is 0 Å². The Balaban J connectivity index is 2.31. The molecule has 3 rings (SSSR count). The van der Waals surface area contributed by atoms with Gasteiger partial charge >= 0.3 is 5.97 Å². The average molecular weight is 365 g/mol. The minimum absolute atomic E-state index is 0.163. The molecule has 0 saturated carbocycles. The van der Waals surface area contributed by atoms with Gasteiger partial charge in [-0.3, -0.25) is 9.36 Å². The number of fused-ring (bicyclic) bond motifs is 1. The van der Waals surface area contributed by atoms with Crippen molar-refractivity contribution in [2.45, 2.75) is 20.8 Å². The number of nitrogens with zero attached hydrogens (tertiary/aromatic N) is 1. The third-order valence-corrected chi connectivity index (χ3v) is 4.54. The van der Waals surface area contributed by atoms with E-state index in [0.717, 1.165) is 27.6 Å². The van der Waals surface area contributed by atoms with E-state index in [1.165, 1.54) is 4.57 Å². The summed E-state index contributed by atoms with van der Waals surface area (Å²) in [6, 6.07) is 13.4. The van der Waals surface area contributed by atoms with Crippen molar-refractivity contribution < 1.29 is 14.3 Å². The Bertz CT molecular complexity index is 1070. The van der Waals surface area contributed by atoms with E-state index in [1.807, 2.05) is 44.2 Å². The van der Waals surface area contributed by atoms with Gasteiger partial charge in [-0.25, -0.2) is 4.79 Å². The Morgan fingerprint density at radius 1 is 1.07 bits per heavy atom. The lowest BCUT2D eigenvalue weighted by Gasteiger charge is -2.18. The maximum atomic E-state index is 12.8. The minimum Gasteiger partial charge on any atom is -0.407 e. The maximum Gasteiger partial charge on any atom is 0.338 e. The van der Waals surface area contributed by atoms with Crippen molar-refractivity contribution in [1.29, 1.82) is 0 Å². The number of benzene rings is 2. The Kier molecular flexibility index (Phi) is 5.42. The molecule has 27 heavy (non-hydrogen) atoms. The van der Waals surface area contributed by atoms with Crippen LogP contribution < -0.4 is 10.3 Å². The number of rotatable bonds is 5. The minimum atomic E-state index is -0.534. The lowest BCUT2D eigenvalue weighted by atomic mass is 9.95. The summed E-state index contributed by atoms with van der Waals surface area (Å²) in [6.07, 6.45) is 0. The molecule has 0 aliphatic heterocycles. The van der Waals surface area contributed by atoms with E-state index in [2.05, 4.69) is 6.07 Å². The Hall–Kier alpha value is -2.92. The van der Waals surface area contributed by atoms with E-state index in [4.69, 9.17) is 9.47 Å². The summed E-state index contributed by atoms with van der Waals surface area (Å²) in [5.41, 5.74) is 3.63. The summed E-state index contributed by atoms with van der Waals surface area (Å²) in [6.45, 7) is 6.09. The van der Waals surface area contributed by atoms with Crippen LogP contribution in [0.1, 0.15) is 18.1 Å². The van der Waals surface area contributed by atoms with Crippen LogP contribution in [0.4, 0.5) is 0 Å². The molecule has 0 radical (unpaired) electrons. The Morgan fingerprint density at radius 2 is 1.78 bits per heavy atom. The number of aromatic nitrogens is 1. The van der Waals surface area contributed by atoms with Crippen molar-refractivity contribution in [3.63, 3.8) is 0 Å². The zero-order valence-corrected chi connectivity index (χ0v) is 16.0. The fourth-order valence-electron chi connectivity index (χ4n) is 3.24. The van der Waals surface area contributed by atoms with Crippen molar-refractivity contribution in [1.82, 2.24) is 4.57 Å². The number of pyridine rings is 1. The van der Waals surface area contributed by atoms with Crippen LogP contribution in [0.5, 0.6) is 5.88 Å². The number of aryl methyl sites for hydroxylation is 2. The molecular formula is C22H23NO4. The highest BCUT2D eigenvalue weighted by molar-refractivity contribution is 6.00. The van der Waals surface area contributed by atoms with E-state index in [1.54, 1.807) is 20.0 Å². The lowest BCUT2D eigenvalue weighted by molar-refractivity contribution is -0.139. The first kappa shape index (κ1) is 18.9. The summed E-state index contributed by atoms with van der Waals surface area (Å²) in [4.78, 5) is 25.0. The van der Waals surface area contributed by atoms with Gasteiger partial charge in [0.2, 0.25) is 5.88 Å². The predicted molar refractivity (Wildman–Crippen MR) is 106 cm³/mol. The zero-order chi connectivity index (χ0) is 19.6. The highest BCUT2D eigenvalue weighted by Gasteiger charge is 2.21. The molecule has 0 bridgehead atoms. The van der Waals surface area contributed by atoms with Gasteiger partial charge in [0.05, 0.1) is 5.56 Å². The normalized spacial score (nSPS) is 11.0. The number of carbonyl (C=O) groups is 1. The fraction of sp³-hybridized carbons (Fsp3) is 0.273. The molecule has 0 amide bonds. The summed E-state index contributed by atoms with van der Waals surface area (Å²) in [5.74, 6) is -0.302. The van der Waals surface area contributed by atoms with Crippen molar-refractivity contribution in [3.05, 3.63) is 63.9 Å². The summed E-state index contributed by atoms with van der Waals surface area (Å²) in [7, 11) is 1.62. The molecule has 0 aliphatic rings. The molecule has 0 saturated heterocycles. The van der Waals surface area contributed by atoms with E-state index in [0.29, 0.717) is 12.0 Å². The molecule has 2 aromatic carbocycles. The molecule has 5 nitrogen and oxygen atoms in total. The second kappa shape index (κ2) is 7.76. The number of hydrogen-bond acceptors (Lipinski definition) is 4. The second-order valence-corrected chi connectivity index (χ2v) is 6.52. The Morgan fingerprint density at radius 3 is 2.44 bits per heavy atom. The first-order valence-corrected chi connectivity index (χ1v) is 8.91. The van der Waals surface area contributed by atoms with Crippen molar-refractivity contribution in [2.75, 3.05) is 13.2 Å². The van der Waals surface area contributed by atoms with Crippen LogP contribution in [-0.4, -0.2) is 23.8 Å². The van der Waals surface area contributed by atoms with Gasteiger partial charge in [0.25, 0.3) is 5.56 Å². The van der Waals surface area contributed by atoms with E-state index >= 15 is 0 Å². The molecule has 3 aromatic rings. The monoisotopic (exact) mass is 365 g/mol. The SMILES string of the molecule is CCOCC(=O)Oc1c(-c2ccc(C)cc2C)c2ccccc2c(=O)n1C. The number of esters is 1. The van der Waals surface area contributed by atoms with E-state index < -0.39 is 5.97 Å². The highest BCUT2D eigenvalue weighted by atomic mass is 16.6. The fourth-order valence-corrected chi connectivity index (χ4v) is 3.24. The van der Waals surface area contributed by atoms with Crippen LogP contribution in [-0.2, 0) is 16.6 Å². The standard InChI is InChI=1S/C22H23NO4/c1-5-26-13-19(24)27-22-20(16-11-10-14(2)12-15(16)3)17-8-6-7-9-18(17)21(25)23(22)4/h6-12H,5,13H2,1-4H3. The van der Waals surface area contributed by atoms with E-state index in [-0.39, 0.29) is 18.0 Å². The van der Waals surface area contributed by atoms with Gasteiger partial charge in [-0.15, -0.1) is 0 Å². The van der Waals surface area contributed by atoms with Crippen molar-refractivity contribution >= 4 is 16.7 Å². The first-order valence-electron chi connectivity index (χ1n) is 8.91. The quantitative estimate of drug-likeness (QED) is 0.646. The molecular weight excluding hydrogens is 342 g/mol. The second-order valence-electron chi connectivity index (χ2n) is 6.52. The largest absolute Gasteiger partial charge is 0.407 e. The molecule has 0 fully saturated rings.